The van der Waals surface area contributed by atoms with Crippen LogP contribution in [0, 0.1) is 11.3 Å². The van der Waals surface area contributed by atoms with Gasteiger partial charge in [-0.3, -0.25) is 4.98 Å². The molecule has 1 unspecified atom stereocenters. The number of pyridine rings is 1. The molecule has 0 fully saturated rings. The van der Waals surface area contributed by atoms with Gasteiger partial charge in [-0.05, 0) is 42.3 Å². The highest BCUT2D eigenvalue weighted by Gasteiger charge is 2.31. The number of nitrogens with zero attached hydrogens (tertiary/aromatic N) is 2. The average Bonchev–Trinajstić information content (AvgIpc) is 2.56. The minimum atomic E-state index is -0.546. The summed E-state index contributed by atoms with van der Waals surface area (Å²) in [4.78, 5) is 4.15. The minimum absolute atomic E-state index is 0.476. The molecule has 0 spiro atoms. The molecular formula is C18H19ClN2O. The third-order valence-corrected chi connectivity index (χ3v) is 3.97. The van der Waals surface area contributed by atoms with Crippen molar-refractivity contribution < 1.29 is 4.74 Å². The quantitative estimate of drug-likeness (QED) is 0.739. The number of halogens is 1. The number of rotatable bonds is 7. The van der Waals surface area contributed by atoms with Gasteiger partial charge < -0.3 is 4.74 Å². The first-order valence-corrected chi connectivity index (χ1v) is 7.78. The molecule has 1 aromatic carbocycles. The second-order valence-corrected chi connectivity index (χ2v) is 5.67. The zero-order valence-corrected chi connectivity index (χ0v) is 13.4. The zero-order valence-electron chi connectivity index (χ0n) is 12.6. The van der Waals surface area contributed by atoms with Gasteiger partial charge in [0.2, 0.25) is 0 Å². The number of aromatic nitrogens is 1. The van der Waals surface area contributed by atoms with Crippen LogP contribution in [0.5, 0.6) is 5.75 Å². The predicted octanol–water partition coefficient (Wildman–Crippen LogP) is 4.77. The third kappa shape index (κ3) is 3.99. The van der Waals surface area contributed by atoms with E-state index in [1.165, 1.54) is 0 Å². The molecule has 1 aromatic heterocycles. The summed E-state index contributed by atoms with van der Waals surface area (Å²) < 4.78 is 5.76. The summed E-state index contributed by atoms with van der Waals surface area (Å²) in [6.45, 7) is 2.56. The van der Waals surface area contributed by atoms with E-state index in [-0.39, 0.29) is 0 Å². The molecule has 0 bridgehead atoms. The molecule has 2 aromatic rings. The SMILES string of the molecule is CCCC(C#N)(CCOc1ccc(Cl)cc1)c1cccnc1. The average molecular weight is 315 g/mol. The van der Waals surface area contributed by atoms with Gasteiger partial charge in [0, 0.05) is 23.8 Å². The highest BCUT2D eigenvalue weighted by molar-refractivity contribution is 6.30. The summed E-state index contributed by atoms with van der Waals surface area (Å²) in [6, 6.07) is 13.6. The van der Waals surface area contributed by atoms with Gasteiger partial charge in [0.25, 0.3) is 0 Å². The monoisotopic (exact) mass is 314 g/mol. The van der Waals surface area contributed by atoms with Crippen molar-refractivity contribution in [2.24, 2.45) is 0 Å². The Bertz CT molecular complexity index is 622. The summed E-state index contributed by atoms with van der Waals surface area (Å²) in [6.07, 6.45) is 5.86. The fourth-order valence-corrected chi connectivity index (χ4v) is 2.66. The Hall–Kier alpha value is -2.05. The molecule has 0 aliphatic carbocycles. The van der Waals surface area contributed by atoms with Gasteiger partial charge >= 0.3 is 0 Å². The van der Waals surface area contributed by atoms with Gasteiger partial charge in [-0.15, -0.1) is 0 Å². The molecule has 22 heavy (non-hydrogen) atoms. The first-order chi connectivity index (χ1) is 10.7. The lowest BCUT2D eigenvalue weighted by molar-refractivity contribution is 0.272. The Kier molecular flexibility index (Phi) is 5.80. The van der Waals surface area contributed by atoms with Crippen LogP contribution in [0.3, 0.4) is 0 Å². The van der Waals surface area contributed by atoms with E-state index < -0.39 is 5.41 Å². The molecule has 0 radical (unpaired) electrons. The molecule has 3 nitrogen and oxygen atoms in total. The maximum atomic E-state index is 9.74. The molecule has 0 N–H and O–H groups in total. The maximum absolute atomic E-state index is 9.74. The summed E-state index contributed by atoms with van der Waals surface area (Å²) in [5, 5.41) is 10.4. The summed E-state index contributed by atoms with van der Waals surface area (Å²) in [5.74, 6) is 0.763. The van der Waals surface area contributed by atoms with E-state index >= 15 is 0 Å². The lowest BCUT2D eigenvalue weighted by Gasteiger charge is -2.26. The van der Waals surface area contributed by atoms with Crippen molar-refractivity contribution >= 4 is 11.6 Å². The Morgan fingerprint density at radius 1 is 1.23 bits per heavy atom. The third-order valence-electron chi connectivity index (χ3n) is 3.72. The molecule has 0 amide bonds. The van der Waals surface area contributed by atoms with E-state index in [0.717, 1.165) is 24.2 Å². The van der Waals surface area contributed by atoms with Crippen molar-refractivity contribution in [1.29, 1.82) is 5.26 Å². The number of hydrogen-bond donors (Lipinski definition) is 0. The Morgan fingerprint density at radius 2 is 2.00 bits per heavy atom. The van der Waals surface area contributed by atoms with Gasteiger partial charge in [0.05, 0.1) is 18.1 Å². The molecule has 0 aliphatic rings. The molecule has 1 heterocycles. The van der Waals surface area contributed by atoms with Crippen LogP contribution in [0.15, 0.2) is 48.8 Å². The smallest absolute Gasteiger partial charge is 0.119 e. The van der Waals surface area contributed by atoms with Crippen LogP contribution < -0.4 is 4.74 Å². The topological polar surface area (TPSA) is 45.9 Å². The molecule has 2 rings (SSSR count). The van der Waals surface area contributed by atoms with Crippen molar-refractivity contribution in [3.63, 3.8) is 0 Å². The van der Waals surface area contributed by atoms with Crippen molar-refractivity contribution in [2.45, 2.75) is 31.6 Å². The molecule has 1 atom stereocenters. The number of nitriles is 1. The summed E-state index contributed by atoms with van der Waals surface area (Å²) in [5.41, 5.74) is 0.411. The van der Waals surface area contributed by atoms with Gasteiger partial charge in [0.1, 0.15) is 5.75 Å². The highest BCUT2D eigenvalue weighted by Crippen LogP contribution is 2.32. The van der Waals surface area contributed by atoms with Crippen LogP contribution in [0.1, 0.15) is 31.7 Å². The van der Waals surface area contributed by atoms with Gasteiger partial charge in [-0.2, -0.15) is 5.26 Å². The fourth-order valence-electron chi connectivity index (χ4n) is 2.54. The molecule has 0 saturated heterocycles. The van der Waals surface area contributed by atoms with Gasteiger partial charge in [-0.25, -0.2) is 0 Å². The van der Waals surface area contributed by atoms with Crippen molar-refractivity contribution in [1.82, 2.24) is 4.98 Å². The van der Waals surface area contributed by atoms with E-state index in [1.54, 1.807) is 24.5 Å². The van der Waals surface area contributed by atoms with Crippen LogP contribution in [-0.2, 0) is 5.41 Å². The van der Waals surface area contributed by atoms with E-state index in [9.17, 15) is 5.26 Å². The Labute approximate surface area is 136 Å². The number of ether oxygens (including phenoxy) is 1. The van der Waals surface area contributed by atoms with E-state index in [2.05, 4.69) is 18.0 Å². The zero-order chi connectivity index (χ0) is 15.8. The lowest BCUT2D eigenvalue weighted by Crippen LogP contribution is -2.27. The van der Waals surface area contributed by atoms with Gasteiger partial charge in [0.15, 0.2) is 0 Å². The molecular weight excluding hydrogens is 296 g/mol. The molecule has 4 heteroatoms. The maximum Gasteiger partial charge on any atom is 0.119 e. The van der Waals surface area contributed by atoms with Crippen LogP contribution in [0.4, 0.5) is 0 Å². The second-order valence-electron chi connectivity index (χ2n) is 5.24. The summed E-state index contributed by atoms with van der Waals surface area (Å²) >= 11 is 5.86. The normalized spacial score (nSPS) is 13.1. The standard InChI is InChI=1S/C18H19ClN2O/c1-2-9-18(14-20,15-4-3-11-21-13-15)10-12-22-17-7-5-16(19)6-8-17/h3-8,11,13H,2,9-10,12H2,1H3. The largest absolute Gasteiger partial charge is 0.494 e. The first kappa shape index (κ1) is 16.3. The molecule has 0 aliphatic heterocycles. The molecule has 0 saturated carbocycles. The van der Waals surface area contributed by atoms with Crippen LogP contribution in [0.2, 0.25) is 5.02 Å². The number of benzene rings is 1. The second kappa shape index (κ2) is 7.82. The summed E-state index contributed by atoms with van der Waals surface area (Å²) in [7, 11) is 0. The Balaban J connectivity index is 2.07. The van der Waals surface area contributed by atoms with Crippen molar-refractivity contribution in [3.8, 4) is 11.8 Å². The Morgan fingerprint density at radius 3 is 2.59 bits per heavy atom. The predicted molar refractivity (Wildman–Crippen MR) is 88.0 cm³/mol. The van der Waals surface area contributed by atoms with E-state index in [1.807, 2.05) is 24.3 Å². The lowest BCUT2D eigenvalue weighted by atomic mass is 9.76. The minimum Gasteiger partial charge on any atom is -0.494 e. The van der Waals surface area contributed by atoms with E-state index in [0.29, 0.717) is 18.1 Å². The first-order valence-electron chi connectivity index (χ1n) is 7.40. The van der Waals surface area contributed by atoms with Crippen LogP contribution in [-0.4, -0.2) is 11.6 Å². The van der Waals surface area contributed by atoms with Gasteiger partial charge in [-0.1, -0.05) is 31.0 Å². The van der Waals surface area contributed by atoms with Crippen LogP contribution in [0.25, 0.3) is 0 Å². The van der Waals surface area contributed by atoms with Crippen molar-refractivity contribution in [2.75, 3.05) is 6.61 Å². The van der Waals surface area contributed by atoms with E-state index in [4.69, 9.17) is 16.3 Å². The fraction of sp³-hybridized carbons (Fsp3) is 0.333. The highest BCUT2D eigenvalue weighted by atomic mass is 35.5. The van der Waals surface area contributed by atoms with Crippen LogP contribution >= 0.6 is 11.6 Å². The molecule has 114 valence electrons. The van der Waals surface area contributed by atoms with Crippen molar-refractivity contribution in [3.05, 3.63) is 59.4 Å². The number of hydrogen-bond acceptors (Lipinski definition) is 3.